The average molecular weight is 551 g/mol. The molecule has 1 unspecified atom stereocenters. The van der Waals surface area contributed by atoms with Crippen LogP contribution < -0.4 is 16.0 Å². The standard InChI is InChI=1S/C24H33N5O2.HI/c1-25-24(27-17-21(22-11-6-14-31-22)29-12-2-3-13-29)26-16-18-7-4-10-20(15-18)28-23(30)19-8-5-9-19;/h4,6-7,10-11,14-15,19,21H,2-3,5,8-9,12-13,16-17H2,1H3,(H,28,30)(H2,25,26,27);1H. The van der Waals surface area contributed by atoms with E-state index in [0.29, 0.717) is 6.54 Å². The van der Waals surface area contributed by atoms with E-state index >= 15 is 0 Å². The van der Waals surface area contributed by atoms with E-state index in [2.05, 4.69) is 31.9 Å². The predicted octanol–water partition coefficient (Wildman–Crippen LogP) is 4.14. The minimum atomic E-state index is 0. The lowest BCUT2D eigenvalue weighted by atomic mass is 9.85. The van der Waals surface area contributed by atoms with Crippen LogP contribution in [-0.4, -0.2) is 43.4 Å². The largest absolute Gasteiger partial charge is 0.468 e. The number of carbonyl (C=O) groups is 1. The molecule has 1 atom stereocenters. The van der Waals surface area contributed by atoms with Crippen molar-refractivity contribution in [3.63, 3.8) is 0 Å². The van der Waals surface area contributed by atoms with Gasteiger partial charge in [0, 0.05) is 31.7 Å². The molecule has 1 aromatic heterocycles. The summed E-state index contributed by atoms with van der Waals surface area (Å²) in [5.41, 5.74) is 1.95. The number of hydrogen-bond donors (Lipinski definition) is 3. The van der Waals surface area contributed by atoms with E-state index in [1.165, 1.54) is 12.8 Å². The molecule has 1 amide bonds. The zero-order valence-electron chi connectivity index (χ0n) is 18.7. The minimum Gasteiger partial charge on any atom is -0.468 e. The molecule has 0 bridgehead atoms. The lowest BCUT2D eigenvalue weighted by molar-refractivity contribution is -0.122. The maximum Gasteiger partial charge on any atom is 0.227 e. The Hall–Kier alpha value is -2.07. The monoisotopic (exact) mass is 551 g/mol. The number of benzene rings is 1. The van der Waals surface area contributed by atoms with Crippen molar-refractivity contribution >= 4 is 41.5 Å². The van der Waals surface area contributed by atoms with Gasteiger partial charge >= 0.3 is 0 Å². The molecule has 3 N–H and O–H groups in total. The van der Waals surface area contributed by atoms with Crippen LogP contribution in [0.15, 0.2) is 52.1 Å². The summed E-state index contributed by atoms with van der Waals surface area (Å²) in [6, 6.07) is 12.2. The zero-order chi connectivity index (χ0) is 21.5. The van der Waals surface area contributed by atoms with Crippen molar-refractivity contribution in [3.8, 4) is 0 Å². The summed E-state index contributed by atoms with van der Waals surface area (Å²) in [5, 5.41) is 9.87. The second-order valence-electron chi connectivity index (χ2n) is 8.40. The number of furan rings is 1. The van der Waals surface area contributed by atoms with E-state index in [1.807, 2.05) is 30.3 Å². The number of nitrogens with one attached hydrogen (secondary N) is 3. The van der Waals surface area contributed by atoms with Gasteiger partial charge in [-0.2, -0.15) is 0 Å². The first kappa shape index (κ1) is 24.6. The van der Waals surface area contributed by atoms with E-state index < -0.39 is 0 Å². The molecule has 1 saturated carbocycles. The maximum absolute atomic E-state index is 12.2. The van der Waals surface area contributed by atoms with E-state index in [4.69, 9.17) is 4.42 Å². The highest BCUT2D eigenvalue weighted by Crippen LogP contribution is 2.28. The van der Waals surface area contributed by atoms with Gasteiger partial charge in [0.05, 0.1) is 12.3 Å². The molecule has 4 rings (SSSR count). The number of anilines is 1. The van der Waals surface area contributed by atoms with Crippen LogP contribution in [0.4, 0.5) is 5.69 Å². The molecule has 2 heterocycles. The first-order valence-electron chi connectivity index (χ1n) is 11.3. The third-order valence-corrected chi connectivity index (χ3v) is 6.27. The van der Waals surface area contributed by atoms with Crippen LogP contribution in [0.2, 0.25) is 0 Å². The average Bonchev–Trinajstić information content (AvgIpc) is 3.44. The van der Waals surface area contributed by atoms with Crippen molar-refractivity contribution in [1.29, 1.82) is 0 Å². The first-order valence-corrected chi connectivity index (χ1v) is 11.3. The van der Waals surface area contributed by atoms with Gasteiger partial charge in [-0.15, -0.1) is 24.0 Å². The second-order valence-corrected chi connectivity index (χ2v) is 8.40. The molecule has 1 aliphatic heterocycles. The summed E-state index contributed by atoms with van der Waals surface area (Å²) in [5.74, 6) is 2.06. The third kappa shape index (κ3) is 6.48. The van der Waals surface area contributed by atoms with Gasteiger partial charge in [-0.3, -0.25) is 14.7 Å². The predicted molar refractivity (Wildman–Crippen MR) is 138 cm³/mol. The molecule has 1 saturated heterocycles. The van der Waals surface area contributed by atoms with Crippen molar-refractivity contribution in [2.45, 2.75) is 44.7 Å². The number of amides is 1. The van der Waals surface area contributed by atoms with E-state index in [1.54, 1.807) is 13.3 Å². The quantitative estimate of drug-likeness (QED) is 0.261. The molecule has 1 aromatic carbocycles. The summed E-state index contributed by atoms with van der Waals surface area (Å²) in [6.45, 7) is 3.55. The van der Waals surface area contributed by atoms with Gasteiger partial charge in [-0.05, 0) is 68.6 Å². The van der Waals surface area contributed by atoms with Crippen LogP contribution >= 0.6 is 24.0 Å². The Morgan fingerprint density at radius 2 is 1.97 bits per heavy atom. The molecule has 8 heteroatoms. The fourth-order valence-electron chi connectivity index (χ4n) is 4.22. The van der Waals surface area contributed by atoms with Crippen LogP contribution in [0.1, 0.15) is 49.5 Å². The topological polar surface area (TPSA) is 81.9 Å². The fourth-order valence-corrected chi connectivity index (χ4v) is 4.22. The Bertz CT molecular complexity index is 876. The van der Waals surface area contributed by atoms with Gasteiger partial charge < -0.3 is 20.4 Å². The number of halogens is 1. The molecule has 2 fully saturated rings. The molecule has 0 radical (unpaired) electrons. The van der Waals surface area contributed by atoms with Gasteiger partial charge in [-0.1, -0.05) is 18.6 Å². The van der Waals surface area contributed by atoms with Crippen molar-refractivity contribution in [3.05, 3.63) is 54.0 Å². The first-order chi connectivity index (χ1) is 15.2. The molecule has 32 heavy (non-hydrogen) atoms. The number of aliphatic imine (C=N–C) groups is 1. The van der Waals surface area contributed by atoms with Crippen LogP contribution in [0.5, 0.6) is 0 Å². The number of guanidine groups is 1. The summed E-state index contributed by atoms with van der Waals surface area (Å²) in [7, 11) is 1.78. The molecule has 2 aromatic rings. The Morgan fingerprint density at radius 3 is 2.62 bits per heavy atom. The minimum absolute atomic E-state index is 0. The summed E-state index contributed by atoms with van der Waals surface area (Å²) in [4.78, 5) is 19.0. The van der Waals surface area contributed by atoms with Gasteiger partial charge in [0.15, 0.2) is 5.96 Å². The van der Waals surface area contributed by atoms with Crippen LogP contribution in [0.3, 0.4) is 0 Å². The normalized spacial score (nSPS) is 17.8. The number of nitrogens with zero attached hydrogens (tertiary/aromatic N) is 2. The number of hydrogen-bond acceptors (Lipinski definition) is 4. The van der Waals surface area contributed by atoms with E-state index in [-0.39, 0.29) is 41.8 Å². The molecular weight excluding hydrogens is 517 g/mol. The molecule has 2 aliphatic rings. The molecule has 1 aliphatic carbocycles. The summed E-state index contributed by atoms with van der Waals surface area (Å²) >= 11 is 0. The Labute approximate surface area is 207 Å². The lowest BCUT2D eigenvalue weighted by Gasteiger charge is -2.26. The Kier molecular flexibility index (Phi) is 9.40. The number of carbonyl (C=O) groups excluding carboxylic acids is 1. The van der Waals surface area contributed by atoms with Gasteiger partial charge in [-0.25, -0.2) is 0 Å². The van der Waals surface area contributed by atoms with Gasteiger partial charge in [0.1, 0.15) is 5.76 Å². The molecular formula is C24H34IN5O2. The maximum atomic E-state index is 12.2. The summed E-state index contributed by atoms with van der Waals surface area (Å²) in [6.07, 6.45) is 7.38. The van der Waals surface area contributed by atoms with Crippen molar-refractivity contribution < 1.29 is 9.21 Å². The van der Waals surface area contributed by atoms with Crippen LogP contribution in [0.25, 0.3) is 0 Å². The molecule has 0 spiro atoms. The SMILES string of the molecule is CN=C(NCc1cccc(NC(=O)C2CCC2)c1)NCC(c1ccco1)N1CCCC1.I. The fraction of sp³-hybridized carbons (Fsp3) is 0.500. The number of likely N-dealkylation sites (tertiary alicyclic amines) is 1. The highest BCUT2D eigenvalue weighted by molar-refractivity contribution is 14.0. The van der Waals surface area contributed by atoms with Crippen molar-refractivity contribution in [2.24, 2.45) is 10.9 Å². The van der Waals surface area contributed by atoms with Crippen LogP contribution in [-0.2, 0) is 11.3 Å². The second kappa shape index (κ2) is 12.2. The van der Waals surface area contributed by atoms with Gasteiger partial charge in [0.25, 0.3) is 0 Å². The van der Waals surface area contributed by atoms with Gasteiger partial charge in [0.2, 0.25) is 5.91 Å². The zero-order valence-corrected chi connectivity index (χ0v) is 21.0. The van der Waals surface area contributed by atoms with E-state index in [9.17, 15) is 4.79 Å². The van der Waals surface area contributed by atoms with Crippen molar-refractivity contribution in [1.82, 2.24) is 15.5 Å². The Balaban J connectivity index is 0.00000289. The third-order valence-electron chi connectivity index (χ3n) is 6.27. The smallest absolute Gasteiger partial charge is 0.227 e. The Morgan fingerprint density at radius 1 is 1.16 bits per heavy atom. The highest BCUT2D eigenvalue weighted by atomic mass is 127. The molecule has 7 nitrogen and oxygen atoms in total. The van der Waals surface area contributed by atoms with Crippen molar-refractivity contribution in [2.75, 3.05) is 32.0 Å². The van der Waals surface area contributed by atoms with E-state index in [0.717, 1.165) is 61.9 Å². The van der Waals surface area contributed by atoms with Crippen LogP contribution in [0, 0.1) is 5.92 Å². The number of rotatable bonds is 8. The summed E-state index contributed by atoms with van der Waals surface area (Å²) < 4.78 is 5.70. The molecule has 174 valence electrons. The highest BCUT2D eigenvalue weighted by Gasteiger charge is 2.26. The lowest BCUT2D eigenvalue weighted by Crippen LogP contribution is -2.42.